The topological polar surface area (TPSA) is 247 Å². The Morgan fingerprint density at radius 3 is 1.38 bits per heavy atom. The van der Waals surface area contributed by atoms with Gasteiger partial charge in [-0.05, 0) is 13.3 Å². The van der Waals surface area contributed by atoms with Gasteiger partial charge in [0, 0.05) is 48.5 Å². The number of ether oxygens (including phenoxy) is 12. The van der Waals surface area contributed by atoms with Crippen LogP contribution in [0.3, 0.4) is 0 Å². The quantitative estimate of drug-likeness (QED) is 0.0961. The zero-order valence-electron chi connectivity index (χ0n) is 33.2. The van der Waals surface area contributed by atoms with Crippen LogP contribution in [0.25, 0.3) is 0 Å². The number of unbranched alkanes of at least 4 members (excludes halogenated alkanes) is 2. The van der Waals surface area contributed by atoms with E-state index in [1.54, 1.807) is 6.92 Å². The molecule has 11 unspecified atom stereocenters. The van der Waals surface area contributed by atoms with Gasteiger partial charge in [-0.15, -0.1) is 0 Å². The summed E-state index contributed by atoms with van der Waals surface area (Å²) in [5.74, 6) is -6.50. The molecule has 0 aliphatic carbocycles. The van der Waals surface area contributed by atoms with Crippen molar-refractivity contribution in [3.05, 3.63) is 0 Å². The first-order chi connectivity index (χ1) is 26.4. The van der Waals surface area contributed by atoms with Crippen LogP contribution in [0.5, 0.6) is 0 Å². The molecule has 20 heteroatoms. The molecule has 2 rings (SSSR count). The standard InChI is InChI=1S/C36H54O20/c1-10-12-13-14-25(15-28(44)45-11-2)54-36-34(53-24(9)43)32(51-22(7)41)30(49-20(5)39)27(56-36)17-47-35-33(52-23(8)42)31(50-21(6)40)29(48-19(4)38)26(55-35)16-46-18(3)37/h25-27,29-36H,10-17H2,1-9H3. The van der Waals surface area contributed by atoms with E-state index in [1.165, 1.54) is 0 Å². The number of esters is 8. The molecule has 0 aromatic rings. The van der Waals surface area contributed by atoms with Gasteiger partial charge in [-0.1, -0.05) is 26.2 Å². The smallest absolute Gasteiger partial charge is 0.308 e. The zero-order chi connectivity index (χ0) is 42.1. The minimum Gasteiger partial charge on any atom is -0.466 e. The summed E-state index contributed by atoms with van der Waals surface area (Å²) in [6.07, 6.45) is -13.8. The molecule has 318 valence electrons. The summed E-state index contributed by atoms with van der Waals surface area (Å²) in [4.78, 5) is 98.5. The third-order valence-electron chi connectivity index (χ3n) is 8.03. The fourth-order valence-corrected chi connectivity index (χ4v) is 6.05. The SMILES string of the molecule is CCCCCC(CC(=O)OCC)OC1OC(COC2OC(COC(C)=O)C(OC(C)=O)C(OC(C)=O)C2OC(C)=O)C(OC(C)=O)C(OC(C)=O)C1OC(C)=O. The van der Waals surface area contributed by atoms with E-state index in [0.29, 0.717) is 12.8 Å². The van der Waals surface area contributed by atoms with E-state index in [1.807, 2.05) is 6.92 Å². The molecule has 0 amide bonds. The first kappa shape index (κ1) is 47.8. The maximum Gasteiger partial charge on any atom is 0.308 e. The highest BCUT2D eigenvalue weighted by molar-refractivity contribution is 5.70. The van der Waals surface area contributed by atoms with Crippen LogP contribution in [-0.4, -0.2) is 135 Å². The van der Waals surface area contributed by atoms with Crippen LogP contribution in [0.15, 0.2) is 0 Å². The fourth-order valence-electron chi connectivity index (χ4n) is 6.05. The lowest BCUT2D eigenvalue weighted by atomic mass is 9.97. The first-order valence-electron chi connectivity index (χ1n) is 18.3. The van der Waals surface area contributed by atoms with Crippen LogP contribution in [0.1, 0.15) is 94.4 Å². The van der Waals surface area contributed by atoms with Crippen LogP contribution in [0.2, 0.25) is 0 Å². The highest BCUT2D eigenvalue weighted by Gasteiger charge is 2.56. The molecule has 0 bridgehead atoms. The van der Waals surface area contributed by atoms with Crippen molar-refractivity contribution in [2.75, 3.05) is 19.8 Å². The Balaban J connectivity index is 2.65. The van der Waals surface area contributed by atoms with Crippen molar-refractivity contribution in [1.82, 2.24) is 0 Å². The van der Waals surface area contributed by atoms with Crippen molar-refractivity contribution in [3.63, 3.8) is 0 Å². The summed E-state index contributed by atoms with van der Waals surface area (Å²) in [6, 6.07) is 0. The summed E-state index contributed by atoms with van der Waals surface area (Å²) in [5.41, 5.74) is 0. The molecule has 0 saturated carbocycles. The lowest BCUT2D eigenvalue weighted by Gasteiger charge is -2.46. The monoisotopic (exact) mass is 806 g/mol. The Kier molecular flexibility index (Phi) is 20.1. The summed E-state index contributed by atoms with van der Waals surface area (Å²) in [7, 11) is 0. The van der Waals surface area contributed by atoms with Crippen molar-refractivity contribution >= 4 is 47.8 Å². The Labute approximate surface area is 324 Å². The molecule has 56 heavy (non-hydrogen) atoms. The van der Waals surface area contributed by atoms with E-state index < -0.39 is 128 Å². The van der Waals surface area contributed by atoms with Crippen molar-refractivity contribution in [2.45, 2.75) is 162 Å². The van der Waals surface area contributed by atoms with E-state index in [4.69, 9.17) is 56.8 Å². The zero-order valence-corrected chi connectivity index (χ0v) is 33.2. The molecule has 2 aliphatic rings. The van der Waals surface area contributed by atoms with Crippen LogP contribution < -0.4 is 0 Å². The van der Waals surface area contributed by atoms with E-state index in [-0.39, 0.29) is 13.0 Å². The van der Waals surface area contributed by atoms with Gasteiger partial charge >= 0.3 is 47.8 Å². The third-order valence-corrected chi connectivity index (χ3v) is 8.03. The molecule has 0 radical (unpaired) electrons. The Morgan fingerprint density at radius 2 is 0.929 bits per heavy atom. The van der Waals surface area contributed by atoms with Gasteiger partial charge in [-0.3, -0.25) is 38.4 Å². The van der Waals surface area contributed by atoms with E-state index in [2.05, 4.69) is 0 Å². The average molecular weight is 807 g/mol. The molecule has 2 saturated heterocycles. The Bertz CT molecular complexity index is 1370. The molecule has 0 aromatic carbocycles. The van der Waals surface area contributed by atoms with Crippen LogP contribution in [0, 0.1) is 0 Å². The number of hydrogen-bond donors (Lipinski definition) is 0. The van der Waals surface area contributed by atoms with Crippen molar-refractivity contribution in [1.29, 1.82) is 0 Å². The molecule has 2 aliphatic heterocycles. The van der Waals surface area contributed by atoms with Gasteiger partial charge in [0.05, 0.1) is 25.7 Å². The predicted molar refractivity (Wildman–Crippen MR) is 183 cm³/mol. The van der Waals surface area contributed by atoms with Gasteiger partial charge in [0.1, 0.15) is 18.8 Å². The van der Waals surface area contributed by atoms with Gasteiger partial charge in [0.25, 0.3) is 0 Å². The van der Waals surface area contributed by atoms with Crippen LogP contribution >= 0.6 is 0 Å². The molecular weight excluding hydrogens is 752 g/mol. The third kappa shape index (κ3) is 16.0. The molecule has 0 aromatic heterocycles. The lowest BCUT2D eigenvalue weighted by molar-refractivity contribution is -0.339. The highest BCUT2D eigenvalue weighted by atomic mass is 16.8. The lowest BCUT2D eigenvalue weighted by Crippen LogP contribution is -2.65. The molecule has 0 N–H and O–H groups in total. The molecule has 0 spiro atoms. The first-order valence-corrected chi connectivity index (χ1v) is 18.3. The van der Waals surface area contributed by atoms with Gasteiger partial charge in [-0.25, -0.2) is 0 Å². The average Bonchev–Trinajstić information content (AvgIpc) is 3.06. The Hall–Kier alpha value is -4.40. The number of hydrogen-bond acceptors (Lipinski definition) is 20. The second-order valence-electron chi connectivity index (χ2n) is 12.9. The van der Waals surface area contributed by atoms with Gasteiger partial charge < -0.3 is 56.8 Å². The predicted octanol–water partition coefficient (Wildman–Crippen LogP) is 1.52. The van der Waals surface area contributed by atoms with Crippen molar-refractivity contribution in [2.24, 2.45) is 0 Å². The van der Waals surface area contributed by atoms with E-state index in [0.717, 1.165) is 61.3 Å². The van der Waals surface area contributed by atoms with E-state index >= 15 is 0 Å². The van der Waals surface area contributed by atoms with Crippen molar-refractivity contribution in [3.8, 4) is 0 Å². The maximum atomic E-state index is 12.6. The van der Waals surface area contributed by atoms with Gasteiger partial charge in [-0.2, -0.15) is 0 Å². The normalized spacial score (nSPS) is 27.7. The summed E-state index contributed by atoms with van der Waals surface area (Å²) in [5, 5.41) is 0. The second-order valence-corrected chi connectivity index (χ2v) is 12.9. The van der Waals surface area contributed by atoms with Crippen molar-refractivity contribution < 1.29 is 95.2 Å². The minimum absolute atomic E-state index is 0.105. The highest BCUT2D eigenvalue weighted by Crippen LogP contribution is 2.34. The molecule has 20 nitrogen and oxygen atoms in total. The summed E-state index contributed by atoms with van der Waals surface area (Å²) < 4.78 is 67.8. The fraction of sp³-hybridized carbons (Fsp3) is 0.778. The second kappa shape index (κ2) is 23.6. The molecule has 2 fully saturated rings. The summed E-state index contributed by atoms with van der Waals surface area (Å²) in [6.45, 7) is 10.0. The number of rotatable bonds is 20. The molecule has 2 heterocycles. The van der Waals surface area contributed by atoms with E-state index in [9.17, 15) is 38.4 Å². The van der Waals surface area contributed by atoms with Crippen LogP contribution in [0.4, 0.5) is 0 Å². The molecule has 11 atom stereocenters. The summed E-state index contributed by atoms with van der Waals surface area (Å²) >= 11 is 0. The minimum atomic E-state index is -1.68. The Morgan fingerprint density at radius 1 is 0.500 bits per heavy atom. The van der Waals surface area contributed by atoms with Gasteiger partial charge in [0.2, 0.25) is 0 Å². The number of carbonyl (C=O) groups is 8. The number of carbonyl (C=O) groups excluding carboxylic acids is 8. The molecular formula is C36H54O20. The van der Waals surface area contributed by atoms with Gasteiger partial charge in [0.15, 0.2) is 49.2 Å². The maximum absolute atomic E-state index is 12.6. The largest absolute Gasteiger partial charge is 0.466 e. The van der Waals surface area contributed by atoms with Crippen LogP contribution in [-0.2, 0) is 95.2 Å².